The minimum atomic E-state index is -0.992. The molecule has 0 radical (unpaired) electrons. The molecule has 0 aromatic heterocycles. The van der Waals surface area contributed by atoms with Gasteiger partial charge < -0.3 is 9.84 Å². The highest BCUT2D eigenvalue weighted by Crippen LogP contribution is 2.25. The molecule has 0 heterocycles. The average molecular weight is 317 g/mol. The molecule has 2 aromatic carbocycles. The number of rotatable bonds is 5. The molecule has 0 aliphatic carbocycles. The summed E-state index contributed by atoms with van der Waals surface area (Å²) >= 11 is 6.08. The molecule has 0 aliphatic heterocycles. The number of carboxylic acids is 1. The number of hydrogen-bond donors (Lipinski definition) is 1. The van der Waals surface area contributed by atoms with Crippen LogP contribution in [0, 0.1) is 6.92 Å². The summed E-state index contributed by atoms with van der Waals surface area (Å²) in [5.41, 5.74) is 2.48. The third-order valence-corrected chi connectivity index (χ3v) is 3.62. The molecule has 22 heavy (non-hydrogen) atoms. The zero-order valence-corrected chi connectivity index (χ0v) is 13.2. The summed E-state index contributed by atoms with van der Waals surface area (Å²) in [6.45, 7) is 4.39. The molecule has 0 aliphatic rings. The molecule has 0 spiro atoms. The average Bonchev–Trinajstić information content (AvgIpc) is 2.49. The predicted octanol–water partition coefficient (Wildman–Crippen LogP) is 4.67. The van der Waals surface area contributed by atoms with E-state index in [-0.39, 0.29) is 5.57 Å². The fourth-order valence-electron chi connectivity index (χ4n) is 2.02. The Labute approximate surface area is 134 Å². The highest BCUT2D eigenvalue weighted by molar-refractivity contribution is 6.32. The normalized spacial score (nSPS) is 11.3. The van der Waals surface area contributed by atoms with Gasteiger partial charge in [0.2, 0.25) is 0 Å². The predicted molar refractivity (Wildman–Crippen MR) is 89.3 cm³/mol. The van der Waals surface area contributed by atoms with Crippen molar-refractivity contribution in [3.05, 3.63) is 64.2 Å². The molecule has 114 valence electrons. The van der Waals surface area contributed by atoms with Gasteiger partial charge in [0.05, 0.1) is 12.2 Å². The Morgan fingerprint density at radius 3 is 2.45 bits per heavy atom. The van der Waals surface area contributed by atoms with Crippen LogP contribution in [0.15, 0.2) is 42.5 Å². The molecule has 0 saturated carbocycles. The van der Waals surface area contributed by atoms with Crippen molar-refractivity contribution in [2.75, 3.05) is 6.61 Å². The fraction of sp³-hybridized carbons (Fsp3) is 0.167. The van der Waals surface area contributed by atoms with Crippen molar-refractivity contribution in [2.24, 2.45) is 0 Å². The van der Waals surface area contributed by atoms with Gasteiger partial charge in [0.15, 0.2) is 0 Å². The quantitative estimate of drug-likeness (QED) is 0.644. The number of carbonyl (C=O) groups is 1. The maximum absolute atomic E-state index is 11.5. The van der Waals surface area contributed by atoms with Crippen LogP contribution >= 0.6 is 11.6 Å². The summed E-state index contributed by atoms with van der Waals surface area (Å²) in [7, 11) is 0. The third kappa shape index (κ3) is 3.89. The van der Waals surface area contributed by atoms with E-state index in [0.717, 1.165) is 16.9 Å². The second-order valence-corrected chi connectivity index (χ2v) is 5.24. The number of aryl methyl sites for hydroxylation is 1. The molecule has 2 rings (SSSR count). The number of halogens is 1. The lowest BCUT2D eigenvalue weighted by molar-refractivity contribution is -0.130. The van der Waals surface area contributed by atoms with Crippen molar-refractivity contribution in [3.8, 4) is 5.75 Å². The zero-order chi connectivity index (χ0) is 16.1. The SMILES string of the molecule is CCOc1ccc(/C=C(\C(=O)O)c2ccc(C)c(Cl)c2)cc1. The van der Waals surface area contributed by atoms with Gasteiger partial charge in [-0.25, -0.2) is 4.79 Å². The van der Waals surface area contributed by atoms with Gasteiger partial charge in [-0.2, -0.15) is 0 Å². The van der Waals surface area contributed by atoms with Crippen molar-refractivity contribution in [1.29, 1.82) is 0 Å². The highest BCUT2D eigenvalue weighted by Gasteiger charge is 2.11. The lowest BCUT2D eigenvalue weighted by atomic mass is 10.0. The first kappa shape index (κ1) is 16.1. The fourth-order valence-corrected chi connectivity index (χ4v) is 2.20. The lowest BCUT2D eigenvalue weighted by Crippen LogP contribution is -2.00. The lowest BCUT2D eigenvalue weighted by Gasteiger charge is -2.06. The van der Waals surface area contributed by atoms with E-state index < -0.39 is 5.97 Å². The van der Waals surface area contributed by atoms with Gasteiger partial charge in [0.1, 0.15) is 5.75 Å². The van der Waals surface area contributed by atoms with Crippen LogP contribution in [0.1, 0.15) is 23.6 Å². The van der Waals surface area contributed by atoms with Crippen LogP contribution in [-0.2, 0) is 4.79 Å². The Kier molecular flexibility index (Phi) is 5.23. The summed E-state index contributed by atoms with van der Waals surface area (Å²) in [5, 5.41) is 10.0. The molecular formula is C18H17ClO3. The molecular weight excluding hydrogens is 300 g/mol. The largest absolute Gasteiger partial charge is 0.494 e. The van der Waals surface area contributed by atoms with E-state index in [2.05, 4.69) is 0 Å². The summed E-state index contributed by atoms with van der Waals surface area (Å²) in [4.78, 5) is 11.5. The van der Waals surface area contributed by atoms with Crippen LogP contribution in [0.2, 0.25) is 5.02 Å². The Hall–Kier alpha value is -2.26. The van der Waals surface area contributed by atoms with Gasteiger partial charge in [-0.05, 0) is 54.8 Å². The minimum Gasteiger partial charge on any atom is -0.494 e. The van der Waals surface area contributed by atoms with Crippen molar-refractivity contribution in [2.45, 2.75) is 13.8 Å². The monoisotopic (exact) mass is 316 g/mol. The molecule has 0 atom stereocenters. The van der Waals surface area contributed by atoms with Gasteiger partial charge in [-0.1, -0.05) is 35.9 Å². The number of hydrogen-bond acceptors (Lipinski definition) is 2. The van der Waals surface area contributed by atoms with Gasteiger partial charge in [-0.3, -0.25) is 0 Å². The van der Waals surface area contributed by atoms with E-state index in [9.17, 15) is 9.90 Å². The molecule has 3 nitrogen and oxygen atoms in total. The summed E-state index contributed by atoms with van der Waals surface area (Å²) < 4.78 is 5.37. The Bertz CT molecular complexity index is 703. The summed E-state index contributed by atoms with van der Waals surface area (Å²) in [6, 6.07) is 12.5. The number of aliphatic carboxylic acids is 1. The molecule has 0 amide bonds. The third-order valence-electron chi connectivity index (χ3n) is 3.22. The second kappa shape index (κ2) is 7.14. The van der Waals surface area contributed by atoms with Crippen molar-refractivity contribution in [3.63, 3.8) is 0 Å². The number of benzene rings is 2. The van der Waals surface area contributed by atoms with E-state index in [0.29, 0.717) is 17.2 Å². The van der Waals surface area contributed by atoms with Crippen molar-refractivity contribution in [1.82, 2.24) is 0 Å². The van der Waals surface area contributed by atoms with Crippen LogP contribution in [0.3, 0.4) is 0 Å². The second-order valence-electron chi connectivity index (χ2n) is 4.83. The topological polar surface area (TPSA) is 46.5 Å². The maximum atomic E-state index is 11.5. The molecule has 1 N–H and O–H groups in total. The first-order valence-electron chi connectivity index (χ1n) is 6.95. The molecule has 0 fully saturated rings. The first-order valence-corrected chi connectivity index (χ1v) is 7.33. The summed E-state index contributed by atoms with van der Waals surface area (Å²) in [5.74, 6) is -0.233. The standard InChI is InChI=1S/C18H17ClO3/c1-3-22-15-8-5-13(6-9-15)10-16(18(20)21)14-7-4-12(2)17(19)11-14/h4-11H,3H2,1-2H3,(H,20,21)/b16-10-. The van der Waals surface area contributed by atoms with Crippen molar-refractivity contribution < 1.29 is 14.6 Å². The van der Waals surface area contributed by atoms with Gasteiger partial charge in [0, 0.05) is 5.02 Å². The Morgan fingerprint density at radius 1 is 1.23 bits per heavy atom. The zero-order valence-electron chi connectivity index (χ0n) is 12.5. The number of ether oxygens (including phenoxy) is 1. The Morgan fingerprint density at radius 2 is 1.91 bits per heavy atom. The van der Waals surface area contributed by atoms with E-state index in [1.54, 1.807) is 18.2 Å². The van der Waals surface area contributed by atoms with E-state index in [1.165, 1.54) is 0 Å². The van der Waals surface area contributed by atoms with Crippen LogP contribution in [0.4, 0.5) is 0 Å². The van der Waals surface area contributed by atoms with Gasteiger partial charge in [0.25, 0.3) is 0 Å². The molecule has 0 saturated heterocycles. The van der Waals surface area contributed by atoms with Crippen molar-refractivity contribution >= 4 is 29.2 Å². The highest BCUT2D eigenvalue weighted by atomic mass is 35.5. The minimum absolute atomic E-state index is 0.200. The molecule has 4 heteroatoms. The molecule has 0 unspecified atom stereocenters. The van der Waals surface area contributed by atoms with E-state index in [1.807, 2.05) is 44.2 Å². The summed E-state index contributed by atoms with van der Waals surface area (Å²) in [6.07, 6.45) is 1.62. The van der Waals surface area contributed by atoms with E-state index in [4.69, 9.17) is 16.3 Å². The van der Waals surface area contributed by atoms with E-state index >= 15 is 0 Å². The Balaban J connectivity index is 2.38. The smallest absolute Gasteiger partial charge is 0.336 e. The van der Waals surface area contributed by atoms with Gasteiger partial charge >= 0.3 is 5.97 Å². The number of carboxylic acid groups (broad SMARTS) is 1. The van der Waals surface area contributed by atoms with Gasteiger partial charge in [-0.15, -0.1) is 0 Å². The molecule has 0 bridgehead atoms. The first-order chi connectivity index (χ1) is 10.5. The maximum Gasteiger partial charge on any atom is 0.336 e. The van der Waals surface area contributed by atoms with Crippen LogP contribution in [0.25, 0.3) is 11.6 Å². The van der Waals surface area contributed by atoms with Crippen LogP contribution in [0.5, 0.6) is 5.75 Å². The van der Waals surface area contributed by atoms with Crippen LogP contribution in [-0.4, -0.2) is 17.7 Å². The van der Waals surface area contributed by atoms with Crippen LogP contribution < -0.4 is 4.74 Å². The molecule has 2 aromatic rings.